The Kier molecular flexibility index (Phi) is 5.21. The third kappa shape index (κ3) is 3.98. The van der Waals surface area contributed by atoms with Gasteiger partial charge in [0.25, 0.3) is 5.91 Å². The first-order valence-corrected chi connectivity index (χ1v) is 8.16. The van der Waals surface area contributed by atoms with E-state index in [2.05, 4.69) is 12.2 Å². The molecule has 0 aliphatic carbocycles. The maximum Gasteiger partial charge on any atom is 0.251 e. The van der Waals surface area contributed by atoms with Crippen molar-refractivity contribution >= 4 is 5.91 Å². The summed E-state index contributed by atoms with van der Waals surface area (Å²) in [5, 5.41) is 2.88. The lowest BCUT2D eigenvalue weighted by atomic mass is 10.2. The summed E-state index contributed by atoms with van der Waals surface area (Å²) in [6.07, 6.45) is 0.755. The van der Waals surface area contributed by atoms with E-state index < -0.39 is 0 Å². The molecule has 1 aliphatic heterocycles. The molecule has 24 heavy (non-hydrogen) atoms. The third-order valence-electron chi connectivity index (χ3n) is 3.65. The minimum atomic E-state index is -0.198. The lowest BCUT2D eigenvalue weighted by Crippen LogP contribution is -2.40. The minimum absolute atomic E-state index is 0.139. The average molecular weight is 327 g/mol. The Balaban J connectivity index is 1.51. The van der Waals surface area contributed by atoms with Crippen molar-refractivity contribution in [1.29, 1.82) is 0 Å². The topological polar surface area (TPSA) is 56.8 Å². The van der Waals surface area contributed by atoms with Crippen LogP contribution in [-0.2, 0) is 0 Å². The maximum atomic E-state index is 12.2. The van der Waals surface area contributed by atoms with Gasteiger partial charge in [-0.2, -0.15) is 0 Å². The third-order valence-corrected chi connectivity index (χ3v) is 3.65. The molecule has 1 unspecified atom stereocenters. The van der Waals surface area contributed by atoms with Crippen LogP contribution < -0.4 is 19.5 Å². The molecule has 0 saturated carbocycles. The molecular formula is C19H21NO4. The molecule has 0 aromatic heterocycles. The van der Waals surface area contributed by atoms with Crippen LogP contribution in [0.4, 0.5) is 0 Å². The van der Waals surface area contributed by atoms with Crippen molar-refractivity contribution in [1.82, 2.24) is 5.32 Å². The molecule has 2 aromatic rings. The highest BCUT2D eigenvalue weighted by Gasteiger charge is 2.21. The Morgan fingerprint density at radius 2 is 1.92 bits per heavy atom. The molecule has 0 radical (unpaired) electrons. The van der Waals surface area contributed by atoms with Crippen molar-refractivity contribution in [3.8, 4) is 17.2 Å². The van der Waals surface area contributed by atoms with Crippen LogP contribution in [0.3, 0.4) is 0 Å². The zero-order valence-electron chi connectivity index (χ0n) is 13.7. The zero-order valence-corrected chi connectivity index (χ0v) is 13.7. The van der Waals surface area contributed by atoms with Crippen LogP contribution >= 0.6 is 0 Å². The zero-order chi connectivity index (χ0) is 16.8. The number of hydrogen-bond acceptors (Lipinski definition) is 4. The fourth-order valence-corrected chi connectivity index (χ4v) is 2.39. The molecular weight excluding hydrogens is 306 g/mol. The predicted molar refractivity (Wildman–Crippen MR) is 90.9 cm³/mol. The summed E-state index contributed by atoms with van der Waals surface area (Å²) in [6, 6.07) is 14.7. The lowest BCUT2D eigenvalue weighted by Gasteiger charge is -2.26. The number of para-hydroxylation sites is 2. The average Bonchev–Trinajstić information content (AvgIpc) is 2.64. The van der Waals surface area contributed by atoms with Crippen molar-refractivity contribution in [2.24, 2.45) is 0 Å². The Hall–Kier alpha value is -2.69. The van der Waals surface area contributed by atoms with Gasteiger partial charge in [0.1, 0.15) is 18.5 Å². The quantitative estimate of drug-likeness (QED) is 0.886. The molecule has 126 valence electrons. The van der Waals surface area contributed by atoms with Gasteiger partial charge in [0.2, 0.25) is 0 Å². The van der Waals surface area contributed by atoms with E-state index in [1.165, 1.54) is 0 Å². The van der Waals surface area contributed by atoms with Crippen molar-refractivity contribution in [3.05, 3.63) is 54.1 Å². The van der Waals surface area contributed by atoms with Gasteiger partial charge in [-0.3, -0.25) is 4.79 Å². The smallest absolute Gasteiger partial charge is 0.251 e. The van der Waals surface area contributed by atoms with E-state index >= 15 is 0 Å². The van der Waals surface area contributed by atoms with Crippen LogP contribution in [0.5, 0.6) is 17.2 Å². The summed E-state index contributed by atoms with van der Waals surface area (Å²) in [4.78, 5) is 12.2. The molecule has 1 atom stereocenters. The van der Waals surface area contributed by atoms with E-state index in [4.69, 9.17) is 14.2 Å². The van der Waals surface area contributed by atoms with Crippen LogP contribution in [0.1, 0.15) is 23.7 Å². The van der Waals surface area contributed by atoms with Crippen molar-refractivity contribution in [2.75, 3.05) is 19.8 Å². The molecule has 3 rings (SSSR count). The summed E-state index contributed by atoms with van der Waals surface area (Å²) in [6.45, 7) is 3.53. The number of rotatable bonds is 6. The monoisotopic (exact) mass is 327 g/mol. The summed E-state index contributed by atoms with van der Waals surface area (Å²) in [5.74, 6) is 2.08. The van der Waals surface area contributed by atoms with Crippen LogP contribution in [0.2, 0.25) is 0 Å². The molecule has 0 spiro atoms. The van der Waals surface area contributed by atoms with Crippen molar-refractivity contribution < 1.29 is 19.0 Å². The fraction of sp³-hybridized carbons (Fsp3) is 0.316. The normalized spacial score (nSPS) is 15.6. The first-order chi connectivity index (χ1) is 11.8. The summed E-state index contributed by atoms with van der Waals surface area (Å²) in [7, 11) is 0. The minimum Gasteiger partial charge on any atom is -0.494 e. The van der Waals surface area contributed by atoms with Gasteiger partial charge in [-0.15, -0.1) is 0 Å². The highest BCUT2D eigenvalue weighted by atomic mass is 16.6. The number of fused-ring (bicyclic) bond motifs is 1. The molecule has 0 bridgehead atoms. The second kappa shape index (κ2) is 7.73. The molecule has 0 saturated heterocycles. The number of carbonyl (C=O) groups is 1. The van der Waals surface area contributed by atoms with Gasteiger partial charge in [-0.1, -0.05) is 19.1 Å². The van der Waals surface area contributed by atoms with Crippen molar-refractivity contribution in [3.63, 3.8) is 0 Å². The van der Waals surface area contributed by atoms with Crippen molar-refractivity contribution in [2.45, 2.75) is 19.4 Å². The van der Waals surface area contributed by atoms with E-state index in [1.807, 2.05) is 24.3 Å². The second-order valence-corrected chi connectivity index (χ2v) is 5.58. The number of amides is 1. The van der Waals surface area contributed by atoms with Crippen LogP contribution in [-0.4, -0.2) is 31.8 Å². The summed E-state index contributed by atoms with van der Waals surface area (Å²) in [5.41, 5.74) is 0.593. The standard InChI is InChI=1S/C19H21NO4/c1-2-11-22-15-9-7-14(8-10-15)19(21)20-12-16-13-23-17-5-3-4-6-18(17)24-16/h3-10,16H,2,11-13H2,1H3,(H,20,21). The second-order valence-electron chi connectivity index (χ2n) is 5.58. The Labute approximate surface area is 141 Å². The van der Waals surface area contributed by atoms with Crippen LogP contribution in [0.15, 0.2) is 48.5 Å². The largest absolute Gasteiger partial charge is 0.494 e. The molecule has 5 heteroatoms. The predicted octanol–water partition coefficient (Wildman–Crippen LogP) is 3.05. The molecule has 5 nitrogen and oxygen atoms in total. The van der Waals surface area contributed by atoms with Gasteiger partial charge < -0.3 is 19.5 Å². The first kappa shape index (κ1) is 16.2. The molecule has 1 N–H and O–H groups in total. The summed E-state index contributed by atoms with van der Waals surface area (Å²) >= 11 is 0. The van der Waals surface area contributed by atoms with E-state index in [-0.39, 0.29) is 12.0 Å². The van der Waals surface area contributed by atoms with Crippen LogP contribution in [0, 0.1) is 0 Å². The first-order valence-electron chi connectivity index (χ1n) is 8.16. The van der Waals surface area contributed by atoms with Crippen LogP contribution in [0.25, 0.3) is 0 Å². The van der Waals surface area contributed by atoms with E-state index in [0.717, 1.165) is 17.9 Å². The number of ether oxygens (including phenoxy) is 3. The van der Waals surface area contributed by atoms with Gasteiger partial charge >= 0.3 is 0 Å². The molecule has 2 aromatic carbocycles. The molecule has 1 heterocycles. The Morgan fingerprint density at radius 3 is 2.67 bits per heavy atom. The van der Waals surface area contributed by atoms with E-state index in [1.54, 1.807) is 24.3 Å². The maximum absolute atomic E-state index is 12.2. The van der Waals surface area contributed by atoms with Gasteiger partial charge in [-0.05, 0) is 42.8 Å². The fourth-order valence-electron chi connectivity index (χ4n) is 2.39. The number of hydrogen-bond donors (Lipinski definition) is 1. The van der Waals surface area contributed by atoms with E-state index in [9.17, 15) is 4.79 Å². The lowest BCUT2D eigenvalue weighted by molar-refractivity contribution is 0.0789. The molecule has 1 aliphatic rings. The van der Waals surface area contributed by atoms with Gasteiger partial charge in [0.15, 0.2) is 11.5 Å². The molecule has 1 amide bonds. The Morgan fingerprint density at radius 1 is 1.17 bits per heavy atom. The van der Waals surface area contributed by atoms with Gasteiger partial charge in [0.05, 0.1) is 13.2 Å². The SMILES string of the molecule is CCCOc1ccc(C(=O)NCC2COc3ccccc3O2)cc1. The number of benzene rings is 2. The Bertz CT molecular complexity index is 684. The van der Waals surface area contributed by atoms with Gasteiger partial charge in [-0.25, -0.2) is 0 Å². The van der Waals surface area contributed by atoms with E-state index in [0.29, 0.717) is 31.1 Å². The van der Waals surface area contributed by atoms with Gasteiger partial charge in [0, 0.05) is 5.56 Å². The number of nitrogens with one attached hydrogen (secondary N) is 1. The number of carbonyl (C=O) groups excluding carboxylic acids is 1. The molecule has 0 fully saturated rings. The summed E-state index contributed by atoms with van der Waals surface area (Å²) < 4.78 is 17.0. The highest BCUT2D eigenvalue weighted by molar-refractivity contribution is 5.94. The highest BCUT2D eigenvalue weighted by Crippen LogP contribution is 2.30.